The number of benzene rings is 1. The molecule has 1 aromatic rings. The predicted octanol–water partition coefficient (Wildman–Crippen LogP) is 0.486. The van der Waals surface area contributed by atoms with Crippen LogP contribution in [0, 0.1) is 0 Å². The summed E-state index contributed by atoms with van der Waals surface area (Å²) in [4.78, 5) is 22.7. The van der Waals surface area contributed by atoms with Gasteiger partial charge in [0, 0.05) is 6.42 Å². The maximum Gasteiger partial charge on any atom is 0.247 e. The van der Waals surface area contributed by atoms with E-state index in [-0.39, 0.29) is 11.8 Å². The van der Waals surface area contributed by atoms with Crippen LogP contribution in [-0.4, -0.2) is 17.9 Å². The summed E-state index contributed by atoms with van der Waals surface area (Å²) < 4.78 is 0. The van der Waals surface area contributed by atoms with Crippen LogP contribution >= 0.6 is 0 Å². The molecule has 0 aromatic heterocycles. The van der Waals surface area contributed by atoms with Gasteiger partial charge in [0.15, 0.2) is 0 Å². The number of nitrogens with one attached hydrogen (secondary N) is 2. The fourth-order valence-electron chi connectivity index (χ4n) is 1.64. The van der Waals surface area contributed by atoms with Crippen molar-refractivity contribution in [3.63, 3.8) is 0 Å². The molecule has 0 spiro atoms. The van der Waals surface area contributed by atoms with Gasteiger partial charge in [-0.3, -0.25) is 9.59 Å². The minimum Gasteiger partial charge on any atom is -0.397 e. The molecule has 84 valence electrons. The molecule has 1 aliphatic rings. The number of nitrogens with two attached hydrogens (primary N) is 1. The standard InChI is InChI=1S/C11H13N3O2/c12-7-3-1-2-4-8(7)14-11(16)9-5-6-10(15)13-9/h1-4,9H,5-6,12H2,(H,13,15)(H,14,16)/t9-/m0/s1. The second-order valence-corrected chi connectivity index (χ2v) is 3.74. The Bertz CT molecular complexity index is 431. The fraction of sp³-hybridized carbons (Fsp3) is 0.273. The molecule has 2 rings (SSSR count). The highest BCUT2D eigenvalue weighted by Gasteiger charge is 2.27. The maximum absolute atomic E-state index is 11.7. The second kappa shape index (κ2) is 4.22. The van der Waals surface area contributed by atoms with E-state index < -0.39 is 6.04 Å². The Balaban J connectivity index is 2.03. The molecule has 0 saturated carbocycles. The molecular formula is C11H13N3O2. The third kappa shape index (κ3) is 2.13. The first-order chi connectivity index (χ1) is 7.66. The summed E-state index contributed by atoms with van der Waals surface area (Å²) in [6.45, 7) is 0. The van der Waals surface area contributed by atoms with Crippen molar-refractivity contribution in [2.24, 2.45) is 0 Å². The monoisotopic (exact) mass is 219 g/mol. The second-order valence-electron chi connectivity index (χ2n) is 3.74. The largest absolute Gasteiger partial charge is 0.397 e. The van der Waals surface area contributed by atoms with E-state index in [4.69, 9.17) is 5.73 Å². The van der Waals surface area contributed by atoms with Crippen molar-refractivity contribution in [2.75, 3.05) is 11.1 Å². The molecule has 5 nitrogen and oxygen atoms in total. The van der Waals surface area contributed by atoms with Gasteiger partial charge in [0.1, 0.15) is 6.04 Å². The summed E-state index contributed by atoms with van der Waals surface area (Å²) in [6.07, 6.45) is 0.944. The Kier molecular flexibility index (Phi) is 2.76. The van der Waals surface area contributed by atoms with E-state index in [0.717, 1.165) is 0 Å². The summed E-state index contributed by atoms with van der Waals surface area (Å²) in [5.41, 5.74) is 6.78. The van der Waals surface area contributed by atoms with E-state index in [9.17, 15) is 9.59 Å². The lowest BCUT2D eigenvalue weighted by Crippen LogP contribution is -2.37. The minimum atomic E-state index is -0.438. The average Bonchev–Trinajstić information content (AvgIpc) is 2.68. The zero-order valence-corrected chi connectivity index (χ0v) is 8.69. The number of hydrogen-bond acceptors (Lipinski definition) is 3. The first-order valence-corrected chi connectivity index (χ1v) is 5.11. The van der Waals surface area contributed by atoms with Crippen molar-refractivity contribution < 1.29 is 9.59 Å². The van der Waals surface area contributed by atoms with Gasteiger partial charge in [-0.15, -0.1) is 0 Å². The van der Waals surface area contributed by atoms with Crippen LogP contribution in [0.1, 0.15) is 12.8 Å². The Morgan fingerprint density at radius 1 is 1.44 bits per heavy atom. The van der Waals surface area contributed by atoms with Crippen LogP contribution in [0.3, 0.4) is 0 Å². The number of para-hydroxylation sites is 2. The summed E-state index contributed by atoms with van der Waals surface area (Å²) in [7, 11) is 0. The SMILES string of the molecule is Nc1ccccc1NC(=O)[C@@H]1CCC(=O)N1. The molecule has 1 atom stereocenters. The van der Waals surface area contributed by atoms with Gasteiger partial charge in [-0.05, 0) is 18.6 Å². The number of hydrogen-bond donors (Lipinski definition) is 3. The van der Waals surface area contributed by atoms with E-state index in [2.05, 4.69) is 10.6 Å². The molecule has 1 aromatic carbocycles. The average molecular weight is 219 g/mol. The van der Waals surface area contributed by atoms with Crippen LogP contribution < -0.4 is 16.4 Å². The lowest BCUT2D eigenvalue weighted by Gasteiger charge is -2.12. The van der Waals surface area contributed by atoms with Gasteiger partial charge in [-0.2, -0.15) is 0 Å². The van der Waals surface area contributed by atoms with E-state index in [1.807, 2.05) is 0 Å². The van der Waals surface area contributed by atoms with E-state index >= 15 is 0 Å². The van der Waals surface area contributed by atoms with Gasteiger partial charge in [0.2, 0.25) is 11.8 Å². The third-order valence-corrected chi connectivity index (χ3v) is 2.53. The summed E-state index contributed by atoms with van der Waals surface area (Å²) >= 11 is 0. The third-order valence-electron chi connectivity index (χ3n) is 2.53. The Hall–Kier alpha value is -2.04. The van der Waals surface area contributed by atoms with Gasteiger partial charge in [-0.25, -0.2) is 0 Å². The van der Waals surface area contributed by atoms with Crippen LogP contribution in [0.5, 0.6) is 0 Å². The van der Waals surface area contributed by atoms with E-state index in [0.29, 0.717) is 24.2 Å². The van der Waals surface area contributed by atoms with Crippen molar-refractivity contribution in [3.05, 3.63) is 24.3 Å². The van der Waals surface area contributed by atoms with Crippen molar-refractivity contribution in [3.8, 4) is 0 Å². The first-order valence-electron chi connectivity index (χ1n) is 5.11. The summed E-state index contributed by atoms with van der Waals surface area (Å²) in [5.74, 6) is -0.301. The first kappa shape index (κ1) is 10.5. The lowest BCUT2D eigenvalue weighted by atomic mass is 10.2. The van der Waals surface area contributed by atoms with Crippen LogP contribution in [0.15, 0.2) is 24.3 Å². The van der Waals surface area contributed by atoms with Crippen molar-refractivity contribution in [1.82, 2.24) is 5.32 Å². The Labute approximate surface area is 93.0 Å². The maximum atomic E-state index is 11.7. The number of nitrogen functional groups attached to an aromatic ring is 1. The predicted molar refractivity (Wildman–Crippen MR) is 60.6 cm³/mol. The molecule has 16 heavy (non-hydrogen) atoms. The highest BCUT2D eigenvalue weighted by Crippen LogP contribution is 2.18. The molecule has 0 bridgehead atoms. The van der Waals surface area contributed by atoms with Crippen molar-refractivity contribution in [2.45, 2.75) is 18.9 Å². The highest BCUT2D eigenvalue weighted by molar-refractivity contribution is 6.00. The van der Waals surface area contributed by atoms with Crippen LogP contribution in [0.2, 0.25) is 0 Å². The van der Waals surface area contributed by atoms with E-state index in [1.54, 1.807) is 24.3 Å². The Morgan fingerprint density at radius 2 is 2.19 bits per heavy atom. The minimum absolute atomic E-state index is 0.0822. The molecule has 2 amide bonds. The zero-order valence-electron chi connectivity index (χ0n) is 8.69. The van der Waals surface area contributed by atoms with Gasteiger partial charge in [-0.1, -0.05) is 12.1 Å². The van der Waals surface area contributed by atoms with Crippen molar-refractivity contribution in [1.29, 1.82) is 0 Å². The molecule has 1 aliphatic heterocycles. The smallest absolute Gasteiger partial charge is 0.247 e. The number of carbonyl (C=O) groups is 2. The van der Waals surface area contributed by atoms with Gasteiger partial charge in [0.25, 0.3) is 0 Å². The fourth-order valence-corrected chi connectivity index (χ4v) is 1.64. The molecule has 1 saturated heterocycles. The Morgan fingerprint density at radius 3 is 2.81 bits per heavy atom. The molecule has 0 aliphatic carbocycles. The number of rotatable bonds is 2. The van der Waals surface area contributed by atoms with E-state index in [1.165, 1.54) is 0 Å². The number of anilines is 2. The van der Waals surface area contributed by atoms with Gasteiger partial charge in [0.05, 0.1) is 11.4 Å². The van der Waals surface area contributed by atoms with Gasteiger partial charge >= 0.3 is 0 Å². The van der Waals surface area contributed by atoms with Crippen LogP contribution in [0.4, 0.5) is 11.4 Å². The molecule has 0 radical (unpaired) electrons. The highest BCUT2D eigenvalue weighted by atomic mass is 16.2. The molecule has 0 unspecified atom stereocenters. The quantitative estimate of drug-likeness (QED) is 0.633. The topological polar surface area (TPSA) is 84.2 Å². The molecule has 1 heterocycles. The normalized spacial score (nSPS) is 19.2. The van der Waals surface area contributed by atoms with Gasteiger partial charge < -0.3 is 16.4 Å². The van der Waals surface area contributed by atoms with Crippen molar-refractivity contribution >= 4 is 23.2 Å². The van der Waals surface area contributed by atoms with Crippen LogP contribution in [-0.2, 0) is 9.59 Å². The van der Waals surface area contributed by atoms with Crippen LogP contribution in [0.25, 0.3) is 0 Å². The zero-order chi connectivity index (χ0) is 11.5. The molecule has 5 heteroatoms. The lowest BCUT2D eigenvalue weighted by molar-refractivity contribution is -0.122. The molecule has 4 N–H and O–H groups in total. The number of amides is 2. The molecular weight excluding hydrogens is 206 g/mol. The summed E-state index contributed by atoms with van der Waals surface area (Å²) in [6, 6.07) is 6.58. The number of carbonyl (C=O) groups excluding carboxylic acids is 2. The summed E-state index contributed by atoms with van der Waals surface area (Å²) in [5, 5.41) is 5.30. The molecule has 1 fully saturated rings.